The quantitative estimate of drug-likeness (QED) is 0.481. The smallest absolute Gasteiger partial charge is 0.234 e. The minimum atomic E-state index is -0.276. The molecule has 3 aromatic rings. The molecular formula is C23H28N4O3S. The Kier molecular flexibility index (Phi) is 7.57. The summed E-state index contributed by atoms with van der Waals surface area (Å²) in [6.07, 6.45) is -0.276. The van der Waals surface area contributed by atoms with Gasteiger partial charge in [0.1, 0.15) is 11.5 Å². The van der Waals surface area contributed by atoms with Gasteiger partial charge in [-0.25, -0.2) is 0 Å². The lowest BCUT2D eigenvalue weighted by Gasteiger charge is -2.15. The molecule has 1 amide bonds. The molecule has 1 unspecified atom stereocenters. The molecule has 0 aliphatic carbocycles. The van der Waals surface area contributed by atoms with Crippen molar-refractivity contribution in [3.05, 3.63) is 59.9 Å². The number of ether oxygens (including phenoxy) is 2. The minimum absolute atomic E-state index is 0.127. The lowest BCUT2D eigenvalue weighted by atomic mass is 10.0. The summed E-state index contributed by atoms with van der Waals surface area (Å²) >= 11 is 1.32. The fraction of sp³-hybridized carbons (Fsp3) is 0.348. The number of benzene rings is 2. The van der Waals surface area contributed by atoms with Gasteiger partial charge in [0, 0.05) is 18.8 Å². The van der Waals surface area contributed by atoms with Crippen molar-refractivity contribution in [2.75, 3.05) is 18.2 Å². The van der Waals surface area contributed by atoms with Gasteiger partial charge in [0.15, 0.2) is 17.1 Å². The molecule has 1 heterocycles. The fourth-order valence-electron chi connectivity index (χ4n) is 3.02. The van der Waals surface area contributed by atoms with E-state index in [-0.39, 0.29) is 17.8 Å². The van der Waals surface area contributed by atoms with Gasteiger partial charge in [-0.1, -0.05) is 43.8 Å². The zero-order chi connectivity index (χ0) is 22.4. The van der Waals surface area contributed by atoms with Crippen LogP contribution in [0, 0.1) is 0 Å². The SMILES string of the molecule is COc1cccc(NC(=O)CSc2nnc(C(C)Oc3ccc(C(C)C)cc3)n2C)c1. The Morgan fingerprint density at radius 1 is 1.10 bits per heavy atom. The second-order valence-corrected chi connectivity index (χ2v) is 8.39. The van der Waals surface area contributed by atoms with Crippen LogP contribution in [0.3, 0.4) is 0 Å². The van der Waals surface area contributed by atoms with Crippen molar-refractivity contribution < 1.29 is 14.3 Å². The molecule has 3 rings (SSSR count). The van der Waals surface area contributed by atoms with Crippen LogP contribution in [0.5, 0.6) is 11.5 Å². The summed E-state index contributed by atoms with van der Waals surface area (Å²) in [6.45, 7) is 6.26. The van der Waals surface area contributed by atoms with Crippen LogP contribution >= 0.6 is 11.8 Å². The highest BCUT2D eigenvalue weighted by molar-refractivity contribution is 7.99. The zero-order valence-electron chi connectivity index (χ0n) is 18.5. The maximum absolute atomic E-state index is 12.3. The number of nitrogens with one attached hydrogen (secondary N) is 1. The molecule has 0 spiro atoms. The maximum Gasteiger partial charge on any atom is 0.234 e. The molecule has 1 aromatic heterocycles. The topological polar surface area (TPSA) is 78.3 Å². The monoisotopic (exact) mass is 440 g/mol. The molecule has 31 heavy (non-hydrogen) atoms. The van der Waals surface area contributed by atoms with E-state index >= 15 is 0 Å². The molecule has 0 bridgehead atoms. The molecule has 0 aliphatic heterocycles. The van der Waals surface area contributed by atoms with E-state index in [9.17, 15) is 4.79 Å². The third kappa shape index (κ3) is 6.01. The number of rotatable bonds is 9. The van der Waals surface area contributed by atoms with Gasteiger partial charge in [-0.3, -0.25) is 4.79 Å². The van der Waals surface area contributed by atoms with Gasteiger partial charge in [0.25, 0.3) is 0 Å². The largest absolute Gasteiger partial charge is 0.497 e. The summed E-state index contributed by atoms with van der Waals surface area (Å²) in [5, 5.41) is 12.0. The van der Waals surface area contributed by atoms with Gasteiger partial charge in [0.05, 0.1) is 12.9 Å². The highest BCUT2D eigenvalue weighted by Crippen LogP contribution is 2.25. The average Bonchev–Trinajstić information content (AvgIpc) is 3.13. The Morgan fingerprint density at radius 3 is 2.52 bits per heavy atom. The van der Waals surface area contributed by atoms with Crippen LogP contribution in [-0.2, 0) is 11.8 Å². The van der Waals surface area contributed by atoms with Crippen molar-refractivity contribution in [3.63, 3.8) is 0 Å². The summed E-state index contributed by atoms with van der Waals surface area (Å²) < 4.78 is 13.1. The lowest BCUT2D eigenvalue weighted by Crippen LogP contribution is -2.15. The number of carbonyl (C=O) groups excluding carboxylic acids is 1. The molecule has 1 atom stereocenters. The fourth-order valence-corrected chi connectivity index (χ4v) is 3.74. The van der Waals surface area contributed by atoms with Crippen LogP contribution < -0.4 is 14.8 Å². The van der Waals surface area contributed by atoms with Crippen molar-refractivity contribution >= 4 is 23.4 Å². The van der Waals surface area contributed by atoms with Crippen LogP contribution in [-0.4, -0.2) is 33.5 Å². The highest BCUT2D eigenvalue weighted by atomic mass is 32.2. The number of thioether (sulfide) groups is 1. The number of anilines is 1. The first-order valence-electron chi connectivity index (χ1n) is 10.1. The van der Waals surface area contributed by atoms with E-state index in [0.717, 1.165) is 5.75 Å². The first-order valence-corrected chi connectivity index (χ1v) is 11.1. The Labute approximate surface area is 187 Å². The predicted octanol–water partition coefficient (Wildman–Crippen LogP) is 4.82. The van der Waals surface area contributed by atoms with E-state index in [0.29, 0.717) is 28.3 Å². The van der Waals surface area contributed by atoms with Crippen molar-refractivity contribution in [2.45, 2.75) is 37.9 Å². The highest BCUT2D eigenvalue weighted by Gasteiger charge is 2.18. The molecule has 0 saturated heterocycles. The number of hydrogen-bond donors (Lipinski definition) is 1. The molecule has 2 aromatic carbocycles. The molecule has 8 heteroatoms. The van der Waals surface area contributed by atoms with Gasteiger partial charge < -0.3 is 19.4 Å². The van der Waals surface area contributed by atoms with Crippen LogP contribution in [0.2, 0.25) is 0 Å². The maximum atomic E-state index is 12.3. The number of methoxy groups -OCH3 is 1. The van der Waals surface area contributed by atoms with E-state index < -0.39 is 0 Å². The molecular weight excluding hydrogens is 412 g/mol. The number of aromatic nitrogens is 3. The number of hydrogen-bond acceptors (Lipinski definition) is 6. The standard InChI is InChI=1S/C23H28N4O3S/c1-15(2)17-9-11-19(12-10-17)30-16(3)22-25-26-23(27(22)4)31-14-21(28)24-18-7-6-8-20(13-18)29-5/h6-13,15-16H,14H2,1-5H3,(H,24,28). The Bertz CT molecular complexity index is 1020. The second kappa shape index (κ2) is 10.3. The Hall–Kier alpha value is -3.00. The third-order valence-corrected chi connectivity index (χ3v) is 5.80. The molecule has 7 nitrogen and oxygen atoms in total. The minimum Gasteiger partial charge on any atom is -0.497 e. The first kappa shape index (κ1) is 22.7. The van der Waals surface area contributed by atoms with Crippen LogP contribution in [0.4, 0.5) is 5.69 Å². The van der Waals surface area contributed by atoms with E-state index in [4.69, 9.17) is 9.47 Å². The number of nitrogens with zero attached hydrogens (tertiary/aromatic N) is 3. The van der Waals surface area contributed by atoms with Gasteiger partial charge in [-0.2, -0.15) is 0 Å². The summed E-state index contributed by atoms with van der Waals surface area (Å²) in [6, 6.07) is 15.3. The number of amides is 1. The van der Waals surface area contributed by atoms with E-state index in [2.05, 4.69) is 41.5 Å². The van der Waals surface area contributed by atoms with Crippen LogP contribution in [0.15, 0.2) is 53.7 Å². The Balaban J connectivity index is 1.57. The third-order valence-electron chi connectivity index (χ3n) is 4.78. The van der Waals surface area contributed by atoms with Crippen molar-refractivity contribution in [1.29, 1.82) is 0 Å². The van der Waals surface area contributed by atoms with Gasteiger partial charge in [0.2, 0.25) is 5.91 Å². The van der Waals surface area contributed by atoms with Crippen molar-refractivity contribution in [3.8, 4) is 11.5 Å². The molecule has 164 valence electrons. The van der Waals surface area contributed by atoms with E-state index in [1.165, 1.54) is 17.3 Å². The number of carbonyl (C=O) groups is 1. The average molecular weight is 441 g/mol. The van der Waals surface area contributed by atoms with Crippen molar-refractivity contribution in [2.24, 2.45) is 7.05 Å². The van der Waals surface area contributed by atoms with E-state index in [1.54, 1.807) is 13.2 Å². The van der Waals surface area contributed by atoms with Crippen molar-refractivity contribution in [1.82, 2.24) is 14.8 Å². The molecule has 0 aliphatic rings. The first-order chi connectivity index (χ1) is 14.9. The van der Waals surface area contributed by atoms with Gasteiger partial charge in [-0.05, 0) is 42.7 Å². The molecule has 1 N–H and O–H groups in total. The van der Waals surface area contributed by atoms with Crippen LogP contribution in [0.1, 0.15) is 44.2 Å². The second-order valence-electron chi connectivity index (χ2n) is 7.45. The summed E-state index contributed by atoms with van der Waals surface area (Å²) in [7, 11) is 3.47. The zero-order valence-corrected chi connectivity index (χ0v) is 19.3. The Morgan fingerprint density at radius 2 is 1.84 bits per heavy atom. The summed E-state index contributed by atoms with van der Waals surface area (Å²) in [5.41, 5.74) is 1.96. The molecule has 0 fully saturated rings. The summed E-state index contributed by atoms with van der Waals surface area (Å²) in [5.74, 6) is 2.74. The molecule has 0 radical (unpaired) electrons. The summed E-state index contributed by atoms with van der Waals surface area (Å²) in [4.78, 5) is 12.3. The van der Waals surface area contributed by atoms with Gasteiger partial charge in [-0.15, -0.1) is 10.2 Å². The van der Waals surface area contributed by atoms with Gasteiger partial charge >= 0.3 is 0 Å². The lowest BCUT2D eigenvalue weighted by molar-refractivity contribution is -0.113. The van der Waals surface area contributed by atoms with Crippen LogP contribution in [0.25, 0.3) is 0 Å². The predicted molar refractivity (Wildman–Crippen MR) is 123 cm³/mol. The normalized spacial score (nSPS) is 11.9. The molecule has 0 saturated carbocycles. The van der Waals surface area contributed by atoms with E-state index in [1.807, 2.05) is 48.9 Å².